The van der Waals surface area contributed by atoms with Crippen LogP contribution in [0.1, 0.15) is 34.1 Å². The van der Waals surface area contributed by atoms with Gasteiger partial charge in [0.1, 0.15) is 0 Å². The maximum atomic E-state index is 2.24. The van der Waals surface area contributed by atoms with E-state index >= 15 is 0 Å². The minimum Gasteiger partial charge on any atom is -0.0914 e. The van der Waals surface area contributed by atoms with Crippen molar-refractivity contribution in [3.63, 3.8) is 0 Å². The molecule has 0 rings (SSSR count). The number of hydrogen-bond donors (Lipinski definition) is 0. The summed E-state index contributed by atoms with van der Waals surface area (Å²) in [6.07, 6.45) is 9.75. The van der Waals surface area contributed by atoms with Gasteiger partial charge in [-0.05, 0) is 18.8 Å². The highest BCUT2D eigenvalue weighted by Crippen LogP contribution is 2.14. The highest BCUT2D eigenvalue weighted by atomic mass is 14.1. The Hall–Kier alpha value is -0.520. The SMILES string of the molecule is CC=CCC=CC(C)(C)C. The highest BCUT2D eigenvalue weighted by molar-refractivity contribution is 4.96. The molecule has 0 radical (unpaired) electrons. The van der Waals surface area contributed by atoms with Gasteiger partial charge in [0.25, 0.3) is 0 Å². The summed E-state index contributed by atoms with van der Waals surface area (Å²) in [4.78, 5) is 0. The van der Waals surface area contributed by atoms with Crippen LogP contribution in [0.2, 0.25) is 0 Å². The maximum Gasteiger partial charge on any atom is -0.0169 e. The summed E-state index contributed by atoms with van der Waals surface area (Å²) in [6.45, 7) is 8.67. The molecule has 0 atom stereocenters. The molecule has 0 aromatic heterocycles. The van der Waals surface area contributed by atoms with Gasteiger partial charge in [0.05, 0.1) is 0 Å². The first-order chi connectivity index (χ1) is 4.56. The molecule has 0 amide bonds. The van der Waals surface area contributed by atoms with Crippen LogP contribution in [0.15, 0.2) is 24.3 Å². The fourth-order valence-electron chi connectivity index (χ4n) is 0.636. The van der Waals surface area contributed by atoms with Crippen molar-refractivity contribution in [2.24, 2.45) is 5.41 Å². The van der Waals surface area contributed by atoms with Crippen molar-refractivity contribution in [2.45, 2.75) is 34.1 Å². The highest BCUT2D eigenvalue weighted by Gasteiger charge is 2.01. The van der Waals surface area contributed by atoms with E-state index in [2.05, 4.69) is 45.1 Å². The van der Waals surface area contributed by atoms with Crippen LogP contribution < -0.4 is 0 Å². The molecular weight excluding hydrogens is 120 g/mol. The second-order valence-corrected chi connectivity index (χ2v) is 3.57. The van der Waals surface area contributed by atoms with Crippen molar-refractivity contribution in [2.75, 3.05) is 0 Å². The van der Waals surface area contributed by atoms with E-state index in [1.165, 1.54) is 0 Å². The maximum absolute atomic E-state index is 2.24. The zero-order valence-electron chi connectivity index (χ0n) is 7.52. The summed E-state index contributed by atoms with van der Waals surface area (Å²) >= 11 is 0. The zero-order valence-corrected chi connectivity index (χ0v) is 7.52. The van der Waals surface area contributed by atoms with Gasteiger partial charge in [-0.1, -0.05) is 45.1 Å². The molecular formula is C10H18. The van der Waals surface area contributed by atoms with Crippen molar-refractivity contribution >= 4 is 0 Å². The lowest BCUT2D eigenvalue weighted by Gasteiger charge is -2.10. The first kappa shape index (κ1) is 9.48. The molecule has 0 N–H and O–H groups in total. The Morgan fingerprint density at radius 2 is 1.70 bits per heavy atom. The lowest BCUT2D eigenvalue weighted by molar-refractivity contribution is 0.543. The third-order valence-electron chi connectivity index (χ3n) is 1.13. The topological polar surface area (TPSA) is 0 Å². The van der Waals surface area contributed by atoms with E-state index < -0.39 is 0 Å². The van der Waals surface area contributed by atoms with Gasteiger partial charge >= 0.3 is 0 Å². The van der Waals surface area contributed by atoms with Gasteiger partial charge < -0.3 is 0 Å². The summed E-state index contributed by atoms with van der Waals surface area (Å²) in [6, 6.07) is 0. The van der Waals surface area contributed by atoms with Crippen LogP contribution in [0, 0.1) is 5.41 Å². The quantitative estimate of drug-likeness (QED) is 0.512. The smallest absolute Gasteiger partial charge is 0.0169 e. The largest absolute Gasteiger partial charge is 0.0914 e. The van der Waals surface area contributed by atoms with Crippen LogP contribution in [-0.2, 0) is 0 Å². The van der Waals surface area contributed by atoms with E-state index in [1.807, 2.05) is 6.92 Å². The van der Waals surface area contributed by atoms with Crippen molar-refractivity contribution in [1.29, 1.82) is 0 Å². The van der Waals surface area contributed by atoms with Gasteiger partial charge in [-0.25, -0.2) is 0 Å². The molecule has 0 aromatic rings. The zero-order chi connectivity index (χ0) is 8.04. The third-order valence-corrected chi connectivity index (χ3v) is 1.13. The fraction of sp³-hybridized carbons (Fsp3) is 0.600. The summed E-state index contributed by atoms with van der Waals surface area (Å²) in [5, 5.41) is 0. The predicted octanol–water partition coefficient (Wildman–Crippen LogP) is 3.55. The molecule has 0 aliphatic rings. The van der Waals surface area contributed by atoms with Crippen molar-refractivity contribution in [3.05, 3.63) is 24.3 Å². The molecule has 0 unspecified atom stereocenters. The molecule has 0 fully saturated rings. The third kappa shape index (κ3) is 7.48. The molecule has 0 bridgehead atoms. The minimum absolute atomic E-state index is 0.335. The molecule has 0 heteroatoms. The lowest BCUT2D eigenvalue weighted by atomic mass is 9.96. The van der Waals surface area contributed by atoms with Gasteiger partial charge in [0.15, 0.2) is 0 Å². The van der Waals surface area contributed by atoms with Crippen LogP contribution in [0.25, 0.3) is 0 Å². The van der Waals surface area contributed by atoms with Gasteiger partial charge in [-0.3, -0.25) is 0 Å². The average molecular weight is 138 g/mol. The molecule has 0 saturated heterocycles. The second kappa shape index (κ2) is 4.32. The van der Waals surface area contributed by atoms with E-state index in [1.54, 1.807) is 0 Å². The summed E-state index contributed by atoms with van der Waals surface area (Å²) in [5.41, 5.74) is 0.335. The molecule has 10 heavy (non-hydrogen) atoms. The molecule has 58 valence electrons. The van der Waals surface area contributed by atoms with Crippen LogP contribution in [0.3, 0.4) is 0 Å². The summed E-state index contributed by atoms with van der Waals surface area (Å²) < 4.78 is 0. The Balaban J connectivity index is 3.56. The summed E-state index contributed by atoms with van der Waals surface area (Å²) in [5.74, 6) is 0. The Morgan fingerprint density at radius 3 is 2.10 bits per heavy atom. The Bertz CT molecular complexity index is 121. The molecule has 0 aromatic carbocycles. The van der Waals surface area contributed by atoms with Crippen LogP contribution >= 0.6 is 0 Å². The molecule has 0 aliphatic carbocycles. The normalized spacial score (nSPS) is 13.6. The Labute approximate surface area is 64.6 Å². The number of allylic oxidation sites excluding steroid dienone is 4. The molecule has 0 nitrogen and oxygen atoms in total. The molecule has 0 heterocycles. The van der Waals surface area contributed by atoms with E-state index in [0.717, 1.165) is 6.42 Å². The first-order valence-electron chi connectivity index (χ1n) is 3.85. The Kier molecular flexibility index (Phi) is 4.10. The average Bonchev–Trinajstić information content (AvgIpc) is 1.78. The van der Waals surface area contributed by atoms with Crippen molar-refractivity contribution < 1.29 is 0 Å². The fourth-order valence-corrected chi connectivity index (χ4v) is 0.636. The number of rotatable bonds is 2. The van der Waals surface area contributed by atoms with Gasteiger partial charge in [-0.15, -0.1) is 0 Å². The van der Waals surface area contributed by atoms with Crippen molar-refractivity contribution in [1.82, 2.24) is 0 Å². The first-order valence-corrected chi connectivity index (χ1v) is 3.85. The second-order valence-electron chi connectivity index (χ2n) is 3.57. The van der Waals surface area contributed by atoms with Crippen LogP contribution in [0.5, 0.6) is 0 Å². The number of hydrogen-bond acceptors (Lipinski definition) is 0. The van der Waals surface area contributed by atoms with Crippen LogP contribution in [-0.4, -0.2) is 0 Å². The Morgan fingerprint density at radius 1 is 1.10 bits per heavy atom. The standard InChI is InChI=1S/C10H18/c1-5-6-7-8-9-10(2,3)4/h5-6,8-9H,7H2,1-4H3. The van der Waals surface area contributed by atoms with Gasteiger partial charge in [0, 0.05) is 0 Å². The minimum atomic E-state index is 0.335. The van der Waals surface area contributed by atoms with E-state index in [0.29, 0.717) is 5.41 Å². The van der Waals surface area contributed by atoms with E-state index in [-0.39, 0.29) is 0 Å². The molecule has 0 spiro atoms. The lowest BCUT2D eigenvalue weighted by Crippen LogP contribution is -1.97. The van der Waals surface area contributed by atoms with Crippen LogP contribution in [0.4, 0.5) is 0 Å². The van der Waals surface area contributed by atoms with E-state index in [9.17, 15) is 0 Å². The van der Waals surface area contributed by atoms with Gasteiger partial charge in [-0.2, -0.15) is 0 Å². The van der Waals surface area contributed by atoms with Crippen molar-refractivity contribution in [3.8, 4) is 0 Å². The molecule has 0 saturated carbocycles. The predicted molar refractivity (Wildman–Crippen MR) is 48.0 cm³/mol. The van der Waals surface area contributed by atoms with E-state index in [4.69, 9.17) is 0 Å². The monoisotopic (exact) mass is 138 g/mol. The molecule has 0 aliphatic heterocycles. The van der Waals surface area contributed by atoms with Gasteiger partial charge in [0.2, 0.25) is 0 Å². The summed E-state index contributed by atoms with van der Waals surface area (Å²) in [7, 11) is 0.